The number of nitrogens with one attached hydrogen (secondary N) is 1. The van der Waals surface area contributed by atoms with Gasteiger partial charge in [-0.15, -0.1) is 0 Å². The van der Waals surface area contributed by atoms with Gasteiger partial charge in [0.25, 0.3) is 10.0 Å². The lowest BCUT2D eigenvalue weighted by atomic mass is 10.2. The normalized spacial score (nSPS) is 11.0. The van der Waals surface area contributed by atoms with E-state index in [1.165, 1.54) is 61.7 Å². The van der Waals surface area contributed by atoms with Crippen molar-refractivity contribution >= 4 is 44.8 Å². The van der Waals surface area contributed by atoms with Crippen LogP contribution in [0.1, 0.15) is 15.9 Å². The largest absolute Gasteiger partial charge is 0.495 e. The SMILES string of the molecule is COc1ccc(C)cc1S(=O)(=O)N(CC(=O)Nc1ccc(C(N)=O)cc1)c1ccc(Cl)cc1. The number of carbonyl (C=O) groups excluding carboxylic acids is 2. The van der Waals surface area contributed by atoms with E-state index in [1.807, 2.05) is 0 Å². The van der Waals surface area contributed by atoms with Gasteiger partial charge in [-0.3, -0.25) is 13.9 Å². The molecule has 3 aromatic rings. The van der Waals surface area contributed by atoms with Gasteiger partial charge in [0.05, 0.1) is 12.8 Å². The number of nitrogens with two attached hydrogens (primary N) is 1. The van der Waals surface area contributed by atoms with Gasteiger partial charge in [-0.1, -0.05) is 17.7 Å². The molecule has 33 heavy (non-hydrogen) atoms. The van der Waals surface area contributed by atoms with E-state index in [1.54, 1.807) is 19.1 Å². The Balaban J connectivity index is 1.96. The fraction of sp³-hybridized carbons (Fsp3) is 0.130. The molecule has 0 saturated heterocycles. The number of benzene rings is 3. The Morgan fingerprint density at radius 1 is 1.03 bits per heavy atom. The van der Waals surface area contributed by atoms with Crippen LogP contribution in [0.2, 0.25) is 5.02 Å². The molecule has 0 heterocycles. The number of nitrogens with zero attached hydrogens (tertiary/aromatic N) is 1. The molecule has 0 aliphatic rings. The zero-order valence-electron chi connectivity index (χ0n) is 17.9. The molecule has 0 unspecified atom stereocenters. The van der Waals surface area contributed by atoms with Crippen LogP contribution in [-0.4, -0.2) is 33.9 Å². The molecule has 0 saturated carbocycles. The van der Waals surface area contributed by atoms with Crippen LogP contribution in [0.5, 0.6) is 5.75 Å². The molecular formula is C23H22ClN3O5S. The smallest absolute Gasteiger partial charge is 0.268 e. The van der Waals surface area contributed by atoms with Gasteiger partial charge in [-0.25, -0.2) is 8.42 Å². The van der Waals surface area contributed by atoms with E-state index < -0.39 is 28.4 Å². The van der Waals surface area contributed by atoms with Crippen molar-refractivity contribution in [1.29, 1.82) is 0 Å². The van der Waals surface area contributed by atoms with E-state index in [0.717, 1.165) is 4.31 Å². The van der Waals surface area contributed by atoms with Crippen molar-refractivity contribution in [2.45, 2.75) is 11.8 Å². The Labute approximate surface area is 197 Å². The number of rotatable bonds is 8. The second-order valence-electron chi connectivity index (χ2n) is 7.13. The molecule has 0 atom stereocenters. The predicted octanol–water partition coefficient (Wildman–Crippen LogP) is 3.59. The molecule has 2 amide bonds. The van der Waals surface area contributed by atoms with Crippen molar-refractivity contribution in [3.63, 3.8) is 0 Å². The Hall–Kier alpha value is -3.56. The van der Waals surface area contributed by atoms with Gasteiger partial charge >= 0.3 is 0 Å². The average molecular weight is 488 g/mol. The number of halogens is 1. The molecule has 3 aromatic carbocycles. The van der Waals surface area contributed by atoms with Crippen LogP contribution in [0.25, 0.3) is 0 Å². The lowest BCUT2D eigenvalue weighted by Crippen LogP contribution is -2.38. The number of aryl methyl sites for hydroxylation is 1. The Bertz CT molecular complexity index is 1280. The molecule has 3 rings (SSSR count). The van der Waals surface area contributed by atoms with Crippen LogP contribution >= 0.6 is 11.6 Å². The molecule has 0 bridgehead atoms. The second kappa shape index (κ2) is 9.93. The van der Waals surface area contributed by atoms with Crippen LogP contribution in [0, 0.1) is 6.92 Å². The highest BCUT2D eigenvalue weighted by molar-refractivity contribution is 7.93. The molecule has 0 radical (unpaired) electrons. The fourth-order valence-corrected chi connectivity index (χ4v) is 4.87. The fourth-order valence-electron chi connectivity index (χ4n) is 3.08. The minimum Gasteiger partial charge on any atom is -0.495 e. The van der Waals surface area contributed by atoms with Gasteiger partial charge in [0.1, 0.15) is 17.2 Å². The Kier molecular flexibility index (Phi) is 7.25. The number of amides is 2. The average Bonchev–Trinajstić information content (AvgIpc) is 2.78. The maximum Gasteiger partial charge on any atom is 0.268 e. The van der Waals surface area contributed by atoms with E-state index in [9.17, 15) is 18.0 Å². The summed E-state index contributed by atoms with van der Waals surface area (Å²) in [6.07, 6.45) is 0. The third kappa shape index (κ3) is 5.63. The van der Waals surface area contributed by atoms with Crippen LogP contribution < -0.4 is 20.1 Å². The number of methoxy groups -OCH3 is 1. The van der Waals surface area contributed by atoms with Crippen molar-refractivity contribution in [3.05, 3.63) is 82.9 Å². The van der Waals surface area contributed by atoms with Crippen molar-refractivity contribution in [1.82, 2.24) is 0 Å². The van der Waals surface area contributed by atoms with E-state index in [-0.39, 0.29) is 21.9 Å². The number of hydrogen-bond donors (Lipinski definition) is 2. The lowest BCUT2D eigenvalue weighted by Gasteiger charge is -2.25. The molecule has 0 aromatic heterocycles. The zero-order valence-corrected chi connectivity index (χ0v) is 19.5. The first kappa shape index (κ1) is 24.1. The van der Waals surface area contributed by atoms with Crippen molar-refractivity contribution in [2.75, 3.05) is 23.3 Å². The van der Waals surface area contributed by atoms with Crippen LogP contribution in [-0.2, 0) is 14.8 Å². The van der Waals surface area contributed by atoms with Crippen LogP contribution in [0.3, 0.4) is 0 Å². The summed E-state index contributed by atoms with van der Waals surface area (Å²) in [6.45, 7) is 1.24. The Morgan fingerprint density at radius 2 is 1.67 bits per heavy atom. The van der Waals surface area contributed by atoms with E-state index in [4.69, 9.17) is 22.1 Å². The van der Waals surface area contributed by atoms with Gasteiger partial charge in [-0.2, -0.15) is 0 Å². The number of carbonyl (C=O) groups is 2. The van der Waals surface area contributed by atoms with E-state index >= 15 is 0 Å². The number of hydrogen-bond acceptors (Lipinski definition) is 5. The summed E-state index contributed by atoms with van der Waals surface area (Å²) in [5.41, 5.74) is 6.85. The first-order valence-electron chi connectivity index (χ1n) is 9.74. The first-order chi connectivity index (χ1) is 15.6. The van der Waals surface area contributed by atoms with Gasteiger partial charge in [0.15, 0.2) is 0 Å². The lowest BCUT2D eigenvalue weighted by molar-refractivity contribution is -0.114. The molecule has 3 N–H and O–H groups in total. The summed E-state index contributed by atoms with van der Waals surface area (Å²) < 4.78 is 33.5. The first-order valence-corrected chi connectivity index (χ1v) is 11.6. The molecule has 0 aliphatic carbocycles. The van der Waals surface area contributed by atoms with Crippen LogP contribution in [0.4, 0.5) is 11.4 Å². The summed E-state index contributed by atoms with van der Waals surface area (Å²) in [5, 5.41) is 3.05. The molecular weight excluding hydrogens is 466 g/mol. The van der Waals surface area contributed by atoms with Gasteiger partial charge < -0.3 is 15.8 Å². The third-order valence-electron chi connectivity index (χ3n) is 4.74. The molecule has 0 fully saturated rings. The molecule has 10 heteroatoms. The van der Waals surface area contributed by atoms with Crippen molar-refractivity contribution in [2.24, 2.45) is 5.73 Å². The summed E-state index contributed by atoms with van der Waals surface area (Å²) in [7, 11) is -2.82. The monoisotopic (exact) mass is 487 g/mol. The summed E-state index contributed by atoms with van der Waals surface area (Å²) >= 11 is 5.96. The Morgan fingerprint density at radius 3 is 2.24 bits per heavy atom. The van der Waals surface area contributed by atoms with Gasteiger partial charge in [0.2, 0.25) is 11.8 Å². The zero-order chi connectivity index (χ0) is 24.2. The number of sulfonamides is 1. The quantitative estimate of drug-likeness (QED) is 0.503. The minimum absolute atomic E-state index is 0.0708. The van der Waals surface area contributed by atoms with Crippen LogP contribution in [0.15, 0.2) is 71.6 Å². The highest BCUT2D eigenvalue weighted by atomic mass is 35.5. The highest BCUT2D eigenvalue weighted by Gasteiger charge is 2.30. The minimum atomic E-state index is -4.19. The molecule has 8 nitrogen and oxygen atoms in total. The molecule has 0 aliphatic heterocycles. The van der Waals surface area contributed by atoms with E-state index in [0.29, 0.717) is 16.3 Å². The van der Waals surface area contributed by atoms with Gasteiger partial charge in [0, 0.05) is 16.3 Å². The third-order valence-corrected chi connectivity index (χ3v) is 6.79. The highest BCUT2D eigenvalue weighted by Crippen LogP contribution is 2.31. The van der Waals surface area contributed by atoms with Crippen molar-refractivity contribution < 1.29 is 22.7 Å². The summed E-state index contributed by atoms with van der Waals surface area (Å²) in [4.78, 5) is 24.0. The predicted molar refractivity (Wildman–Crippen MR) is 127 cm³/mol. The van der Waals surface area contributed by atoms with Gasteiger partial charge in [-0.05, 0) is 73.2 Å². The summed E-state index contributed by atoms with van der Waals surface area (Å²) in [5.74, 6) is -1.03. The molecule has 172 valence electrons. The maximum absolute atomic E-state index is 13.6. The second-order valence-corrected chi connectivity index (χ2v) is 9.40. The molecule has 0 spiro atoms. The number of anilines is 2. The topological polar surface area (TPSA) is 119 Å². The maximum atomic E-state index is 13.6. The number of primary amides is 1. The van der Waals surface area contributed by atoms with E-state index in [2.05, 4.69) is 5.32 Å². The summed E-state index contributed by atoms with van der Waals surface area (Å²) in [6, 6.07) is 16.8. The number of ether oxygens (including phenoxy) is 1. The van der Waals surface area contributed by atoms with Crippen molar-refractivity contribution in [3.8, 4) is 5.75 Å². The standard InChI is InChI=1S/C23H22ClN3O5S/c1-15-3-12-20(32-2)21(13-15)33(30,31)27(19-10-6-17(24)7-11-19)14-22(28)26-18-8-4-16(5-9-18)23(25)29/h3-13H,14H2,1-2H3,(H2,25,29)(H,26,28).